The van der Waals surface area contributed by atoms with Crippen LogP contribution in [-0.4, -0.2) is 54.1 Å². The van der Waals surface area contributed by atoms with E-state index in [1.165, 1.54) is 5.56 Å². The van der Waals surface area contributed by atoms with Gasteiger partial charge in [0.2, 0.25) is 11.8 Å². The minimum atomic E-state index is -0.612. The lowest BCUT2D eigenvalue weighted by Gasteiger charge is -2.32. The average molecular weight is 389 g/mol. The maximum absolute atomic E-state index is 12.4. The molecule has 7 heteroatoms. The SMILES string of the molecule is Cc1ccc(CC(=O)N2CCC(NC(=O)CNC(=O)OC(C)(C)C)CC2)cc1. The minimum Gasteiger partial charge on any atom is -0.444 e. The number of alkyl carbamates (subject to hydrolysis) is 1. The first-order valence-electron chi connectivity index (χ1n) is 9.72. The van der Waals surface area contributed by atoms with Gasteiger partial charge in [-0.25, -0.2) is 4.79 Å². The molecule has 154 valence electrons. The molecule has 1 heterocycles. The predicted molar refractivity (Wildman–Crippen MR) is 107 cm³/mol. The third kappa shape index (κ3) is 7.58. The van der Waals surface area contributed by atoms with Crippen LogP contribution in [0.2, 0.25) is 0 Å². The van der Waals surface area contributed by atoms with E-state index in [1.807, 2.05) is 36.1 Å². The fourth-order valence-electron chi connectivity index (χ4n) is 3.01. The molecule has 0 spiro atoms. The number of aryl methyl sites for hydroxylation is 1. The van der Waals surface area contributed by atoms with Crippen LogP contribution in [0.25, 0.3) is 0 Å². The first kappa shape index (κ1) is 21.7. The van der Waals surface area contributed by atoms with Gasteiger partial charge in [-0.15, -0.1) is 0 Å². The van der Waals surface area contributed by atoms with E-state index in [-0.39, 0.29) is 24.4 Å². The van der Waals surface area contributed by atoms with Crippen LogP contribution in [0.3, 0.4) is 0 Å². The highest BCUT2D eigenvalue weighted by atomic mass is 16.6. The Bertz CT molecular complexity index is 687. The largest absolute Gasteiger partial charge is 0.444 e. The van der Waals surface area contributed by atoms with Crippen LogP contribution < -0.4 is 10.6 Å². The standard InChI is InChI=1S/C21H31N3O4/c1-15-5-7-16(8-6-15)13-19(26)24-11-9-17(10-12-24)23-18(25)14-22-20(27)28-21(2,3)4/h5-8,17H,9-14H2,1-4H3,(H,22,27)(H,23,25). The molecule has 0 saturated carbocycles. The third-order valence-corrected chi connectivity index (χ3v) is 4.48. The van der Waals surface area contributed by atoms with E-state index in [0.717, 1.165) is 5.56 Å². The molecule has 2 N–H and O–H groups in total. The molecule has 0 bridgehead atoms. The van der Waals surface area contributed by atoms with Crippen LogP contribution in [0.15, 0.2) is 24.3 Å². The van der Waals surface area contributed by atoms with Gasteiger partial charge in [-0.2, -0.15) is 0 Å². The summed E-state index contributed by atoms with van der Waals surface area (Å²) in [5.41, 5.74) is 1.59. The molecule has 2 rings (SSSR count). The fourth-order valence-corrected chi connectivity index (χ4v) is 3.01. The van der Waals surface area contributed by atoms with Crippen molar-refractivity contribution < 1.29 is 19.1 Å². The summed E-state index contributed by atoms with van der Waals surface area (Å²) in [7, 11) is 0. The summed E-state index contributed by atoms with van der Waals surface area (Å²) in [4.78, 5) is 37.9. The number of piperidine rings is 1. The van der Waals surface area contributed by atoms with E-state index in [4.69, 9.17) is 4.74 Å². The molecule has 7 nitrogen and oxygen atoms in total. The first-order chi connectivity index (χ1) is 13.1. The van der Waals surface area contributed by atoms with Gasteiger partial charge in [0.1, 0.15) is 12.1 Å². The molecule has 1 aromatic carbocycles. The number of benzene rings is 1. The Morgan fingerprint density at radius 1 is 1.11 bits per heavy atom. The monoisotopic (exact) mass is 389 g/mol. The molecule has 0 atom stereocenters. The molecule has 28 heavy (non-hydrogen) atoms. The number of carbonyl (C=O) groups excluding carboxylic acids is 3. The van der Waals surface area contributed by atoms with Crippen LogP contribution in [0, 0.1) is 6.92 Å². The van der Waals surface area contributed by atoms with Gasteiger partial charge in [0.15, 0.2) is 0 Å². The Morgan fingerprint density at radius 2 is 1.71 bits per heavy atom. The first-order valence-corrected chi connectivity index (χ1v) is 9.72. The van der Waals surface area contributed by atoms with Crippen LogP contribution >= 0.6 is 0 Å². The summed E-state index contributed by atoms with van der Waals surface area (Å²) in [6, 6.07) is 8.00. The minimum absolute atomic E-state index is 0.0105. The van der Waals surface area contributed by atoms with Crippen molar-refractivity contribution in [1.29, 1.82) is 0 Å². The molecule has 1 aliphatic heterocycles. The maximum atomic E-state index is 12.4. The molecule has 0 aliphatic carbocycles. The summed E-state index contributed by atoms with van der Waals surface area (Å²) in [5, 5.41) is 5.35. The smallest absolute Gasteiger partial charge is 0.408 e. The molecule has 1 fully saturated rings. The number of hydrogen-bond donors (Lipinski definition) is 2. The topological polar surface area (TPSA) is 87.7 Å². The Hall–Kier alpha value is -2.57. The zero-order valence-electron chi connectivity index (χ0n) is 17.2. The zero-order valence-corrected chi connectivity index (χ0v) is 17.2. The average Bonchev–Trinajstić information content (AvgIpc) is 2.61. The van der Waals surface area contributed by atoms with Crippen molar-refractivity contribution in [2.75, 3.05) is 19.6 Å². The molecule has 0 unspecified atom stereocenters. The number of nitrogens with zero attached hydrogens (tertiary/aromatic N) is 1. The number of nitrogens with one attached hydrogen (secondary N) is 2. The lowest BCUT2D eigenvalue weighted by atomic mass is 10.0. The highest BCUT2D eigenvalue weighted by Crippen LogP contribution is 2.13. The van der Waals surface area contributed by atoms with Crippen molar-refractivity contribution in [2.45, 2.75) is 58.6 Å². The lowest BCUT2D eigenvalue weighted by Crippen LogP contribution is -2.49. The number of likely N-dealkylation sites (tertiary alicyclic amines) is 1. The fraction of sp³-hybridized carbons (Fsp3) is 0.571. The van der Waals surface area contributed by atoms with E-state index in [1.54, 1.807) is 20.8 Å². The maximum Gasteiger partial charge on any atom is 0.408 e. The lowest BCUT2D eigenvalue weighted by molar-refractivity contribution is -0.131. The van der Waals surface area contributed by atoms with Crippen LogP contribution in [0.4, 0.5) is 4.79 Å². The highest BCUT2D eigenvalue weighted by Gasteiger charge is 2.24. The second-order valence-electron chi connectivity index (χ2n) is 8.24. The number of carbonyl (C=O) groups is 3. The van der Waals surface area contributed by atoms with Gasteiger partial charge in [-0.1, -0.05) is 29.8 Å². The highest BCUT2D eigenvalue weighted by molar-refractivity contribution is 5.82. The Morgan fingerprint density at radius 3 is 2.29 bits per heavy atom. The summed E-state index contributed by atoms with van der Waals surface area (Å²) in [5.74, 6) is -0.143. The van der Waals surface area contributed by atoms with Crippen molar-refractivity contribution >= 4 is 17.9 Å². The van der Waals surface area contributed by atoms with Crippen LogP contribution in [0.1, 0.15) is 44.7 Å². The Labute approximate surface area is 166 Å². The molecular weight excluding hydrogens is 358 g/mol. The third-order valence-electron chi connectivity index (χ3n) is 4.48. The number of amides is 3. The van der Waals surface area contributed by atoms with Crippen molar-refractivity contribution in [3.63, 3.8) is 0 Å². The van der Waals surface area contributed by atoms with Gasteiger partial charge in [0, 0.05) is 19.1 Å². The van der Waals surface area contributed by atoms with Crippen LogP contribution in [-0.2, 0) is 20.7 Å². The molecule has 1 aliphatic rings. The summed E-state index contributed by atoms with van der Waals surface area (Å²) >= 11 is 0. The van der Waals surface area contributed by atoms with Crippen molar-refractivity contribution in [3.8, 4) is 0 Å². The number of rotatable bonds is 5. The van der Waals surface area contributed by atoms with Crippen LogP contribution in [0.5, 0.6) is 0 Å². The number of ether oxygens (including phenoxy) is 1. The molecule has 3 amide bonds. The summed E-state index contributed by atoms with van der Waals surface area (Å²) in [6.07, 6.45) is 1.20. The quantitative estimate of drug-likeness (QED) is 0.808. The molecular formula is C21H31N3O4. The van der Waals surface area contributed by atoms with E-state index in [2.05, 4.69) is 10.6 Å². The predicted octanol–water partition coefficient (Wildman–Crippen LogP) is 2.17. The van der Waals surface area contributed by atoms with Crippen molar-refractivity contribution in [3.05, 3.63) is 35.4 Å². The number of hydrogen-bond acceptors (Lipinski definition) is 4. The van der Waals surface area contributed by atoms with Crippen molar-refractivity contribution in [2.24, 2.45) is 0 Å². The van der Waals surface area contributed by atoms with Gasteiger partial charge in [-0.05, 0) is 46.1 Å². The molecule has 1 aromatic rings. The normalized spacial score (nSPS) is 15.1. The summed E-state index contributed by atoms with van der Waals surface area (Å²) in [6.45, 7) is 8.43. The van der Waals surface area contributed by atoms with E-state index < -0.39 is 11.7 Å². The molecule has 0 aromatic heterocycles. The van der Waals surface area contributed by atoms with Gasteiger partial charge in [-0.3, -0.25) is 9.59 Å². The van der Waals surface area contributed by atoms with E-state index in [9.17, 15) is 14.4 Å². The van der Waals surface area contributed by atoms with E-state index >= 15 is 0 Å². The Balaban J connectivity index is 1.68. The van der Waals surface area contributed by atoms with Gasteiger partial charge >= 0.3 is 6.09 Å². The van der Waals surface area contributed by atoms with Crippen molar-refractivity contribution in [1.82, 2.24) is 15.5 Å². The zero-order chi connectivity index (χ0) is 20.7. The second-order valence-corrected chi connectivity index (χ2v) is 8.24. The van der Waals surface area contributed by atoms with Gasteiger partial charge in [0.05, 0.1) is 6.42 Å². The van der Waals surface area contributed by atoms with E-state index in [0.29, 0.717) is 32.4 Å². The van der Waals surface area contributed by atoms with Gasteiger partial charge < -0.3 is 20.3 Å². The molecule has 1 saturated heterocycles. The molecule has 0 radical (unpaired) electrons. The Kier molecular flexibility index (Phi) is 7.43. The summed E-state index contributed by atoms with van der Waals surface area (Å²) < 4.78 is 5.10. The van der Waals surface area contributed by atoms with Gasteiger partial charge in [0.25, 0.3) is 0 Å². The second kappa shape index (κ2) is 9.57.